The molecule has 0 aliphatic rings. The van der Waals surface area contributed by atoms with Crippen LogP contribution in [0.3, 0.4) is 0 Å². The number of halogens is 1. The molecule has 2 N–H and O–H groups in total. The third-order valence-corrected chi connectivity index (χ3v) is 5.99. The highest BCUT2D eigenvalue weighted by Crippen LogP contribution is 2.23. The molecule has 11 heteroatoms. The summed E-state index contributed by atoms with van der Waals surface area (Å²) in [5.41, 5.74) is 0.0489. The van der Waals surface area contributed by atoms with Crippen molar-refractivity contribution in [2.75, 3.05) is 17.7 Å². The van der Waals surface area contributed by atoms with Crippen molar-refractivity contribution >= 4 is 44.1 Å². The molecule has 0 unspecified atom stereocenters. The second-order valence-corrected chi connectivity index (χ2v) is 8.43. The summed E-state index contributed by atoms with van der Waals surface area (Å²) in [6.45, 7) is 1.68. The van der Waals surface area contributed by atoms with Gasteiger partial charge in [0.25, 0.3) is 5.91 Å². The Balaban J connectivity index is 1.97. The Kier molecular flexibility index (Phi) is 7.24. The molecule has 2 aromatic rings. The Morgan fingerprint density at radius 2 is 1.82 bits per heavy atom. The molecule has 8 nitrogen and oxygen atoms in total. The van der Waals surface area contributed by atoms with Crippen molar-refractivity contribution in [1.29, 1.82) is 0 Å². The van der Waals surface area contributed by atoms with E-state index in [1.54, 1.807) is 6.92 Å². The van der Waals surface area contributed by atoms with Gasteiger partial charge < -0.3 is 10.1 Å². The van der Waals surface area contributed by atoms with E-state index in [4.69, 9.17) is 0 Å². The highest BCUT2D eigenvalue weighted by Gasteiger charge is 2.20. The van der Waals surface area contributed by atoms with Crippen molar-refractivity contribution in [2.45, 2.75) is 18.2 Å². The highest BCUT2D eigenvalue weighted by molar-refractivity contribution is 7.91. The maximum atomic E-state index is 12.9. The molecule has 0 spiro atoms. The average molecular weight is 428 g/mol. The second kappa shape index (κ2) is 9.42. The van der Waals surface area contributed by atoms with Crippen molar-refractivity contribution in [1.82, 2.24) is 5.32 Å². The van der Waals surface area contributed by atoms with E-state index < -0.39 is 39.3 Å². The van der Waals surface area contributed by atoms with Crippen molar-refractivity contribution in [2.24, 2.45) is 0 Å². The number of ether oxygens (including phenoxy) is 1. The number of nitrogens with one attached hydrogen (secondary N) is 2. The van der Waals surface area contributed by atoms with E-state index in [-0.39, 0.29) is 28.5 Å². The van der Waals surface area contributed by atoms with Crippen LogP contribution in [0.1, 0.15) is 23.7 Å². The lowest BCUT2D eigenvalue weighted by atomic mass is 10.3. The molecular weight excluding hydrogens is 411 g/mol. The Morgan fingerprint density at radius 1 is 1.14 bits per heavy atom. The van der Waals surface area contributed by atoms with Crippen LogP contribution in [0.25, 0.3) is 0 Å². The monoisotopic (exact) mass is 428 g/mol. The van der Waals surface area contributed by atoms with Gasteiger partial charge in [-0.15, -0.1) is 11.3 Å². The number of amides is 3. The van der Waals surface area contributed by atoms with Crippen molar-refractivity contribution in [3.8, 4) is 0 Å². The van der Waals surface area contributed by atoms with Crippen LogP contribution >= 0.6 is 11.3 Å². The molecule has 0 saturated heterocycles. The standard InChI is InChI=1S/C17H17FN2O6S2/c1-2-26-17(23)20-15(22)13-7-9-27-16(13)19-14(21)8-10-28(24,25)12-5-3-11(18)4-6-12/h3-7,9H,2,8,10H2,1H3,(H,19,21)(H,20,22,23). The zero-order chi connectivity index (χ0) is 20.7. The number of rotatable bonds is 7. The fourth-order valence-corrected chi connectivity index (χ4v) is 4.13. The largest absolute Gasteiger partial charge is 0.450 e. The summed E-state index contributed by atoms with van der Waals surface area (Å²) in [5, 5.41) is 6.16. The highest BCUT2D eigenvalue weighted by atomic mass is 32.2. The minimum atomic E-state index is -3.76. The van der Waals surface area contributed by atoms with E-state index in [9.17, 15) is 27.2 Å². The first-order valence-corrected chi connectivity index (χ1v) is 10.6. The zero-order valence-electron chi connectivity index (χ0n) is 14.7. The van der Waals surface area contributed by atoms with Gasteiger partial charge in [-0.3, -0.25) is 14.9 Å². The minimum absolute atomic E-state index is 0.0489. The summed E-state index contributed by atoms with van der Waals surface area (Å²) >= 11 is 1.04. The van der Waals surface area contributed by atoms with Gasteiger partial charge in [0, 0.05) is 6.42 Å². The van der Waals surface area contributed by atoms with Crippen molar-refractivity contribution < 1.29 is 31.9 Å². The number of sulfone groups is 1. The van der Waals surface area contributed by atoms with Crippen molar-refractivity contribution in [3.05, 3.63) is 47.1 Å². The van der Waals surface area contributed by atoms with Gasteiger partial charge in [0.1, 0.15) is 10.8 Å². The van der Waals surface area contributed by atoms with E-state index in [2.05, 4.69) is 10.1 Å². The van der Waals surface area contributed by atoms with Gasteiger partial charge in [0.15, 0.2) is 9.84 Å². The first-order valence-electron chi connectivity index (χ1n) is 8.06. The number of anilines is 1. The Labute approximate surface area is 164 Å². The van der Waals surface area contributed by atoms with Crippen LogP contribution in [0.5, 0.6) is 0 Å². The summed E-state index contributed by atoms with van der Waals surface area (Å²) in [6, 6.07) is 5.70. The van der Waals surface area contributed by atoms with Gasteiger partial charge in [-0.2, -0.15) is 0 Å². The SMILES string of the molecule is CCOC(=O)NC(=O)c1ccsc1NC(=O)CCS(=O)(=O)c1ccc(F)cc1. The Morgan fingerprint density at radius 3 is 2.46 bits per heavy atom. The zero-order valence-corrected chi connectivity index (χ0v) is 16.4. The lowest BCUT2D eigenvalue weighted by Gasteiger charge is -2.08. The topological polar surface area (TPSA) is 119 Å². The van der Waals surface area contributed by atoms with Crippen LogP contribution in [0.4, 0.5) is 14.2 Å². The number of thiophene rings is 1. The number of hydrogen-bond donors (Lipinski definition) is 2. The molecule has 3 amide bonds. The lowest BCUT2D eigenvalue weighted by Crippen LogP contribution is -2.31. The van der Waals surface area contributed by atoms with E-state index in [1.165, 1.54) is 11.4 Å². The molecule has 28 heavy (non-hydrogen) atoms. The average Bonchev–Trinajstić information content (AvgIpc) is 3.09. The van der Waals surface area contributed by atoms with Crippen molar-refractivity contribution in [3.63, 3.8) is 0 Å². The lowest BCUT2D eigenvalue weighted by molar-refractivity contribution is -0.115. The number of carbonyl (C=O) groups is 3. The molecule has 1 aromatic carbocycles. The quantitative estimate of drug-likeness (QED) is 0.655. The predicted molar refractivity (Wildman–Crippen MR) is 101 cm³/mol. The van der Waals surface area contributed by atoms with Crippen LogP contribution in [-0.4, -0.2) is 38.7 Å². The van der Waals surface area contributed by atoms with Gasteiger partial charge in [0.2, 0.25) is 5.91 Å². The maximum absolute atomic E-state index is 12.9. The maximum Gasteiger partial charge on any atom is 0.414 e. The molecule has 0 aliphatic carbocycles. The van der Waals surface area contributed by atoms with E-state index >= 15 is 0 Å². The van der Waals surface area contributed by atoms with Crippen LogP contribution in [0.2, 0.25) is 0 Å². The number of hydrogen-bond acceptors (Lipinski definition) is 7. The second-order valence-electron chi connectivity index (χ2n) is 5.41. The van der Waals surface area contributed by atoms with Gasteiger partial charge >= 0.3 is 6.09 Å². The van der Waals surface area contributed by atoms with Gasteiger partial charge in [0.05, 0.1) is 22.8 Å². The molecule has 1 aromatic heterocycles. The summed E-state index contributed by atoms with van der Waals surface area (Å²) in [4.78, 5) is 35.4. The van der Waals surface area contributed by atoms with Crippen LogP contribution in [0.15, 0.2) is 40.6 Å². The fraction of sp³-hybridized carbons (Fsp3) is 0.235. The third-order valence-electron chi connectivity index (χ3n) is 3.42. The number of carbonyl (C=O) groups excluding carboxylic acids is 3. The van der Waals surface area contributed by atoms with Crippen LogP contribution < -0.4 is 10.6 Å². The molecule has 2 rings (SSSR count). The van der Waals surface area contributed by atoms with Gasteiger partial charge in [-0.05, 0) is 42.6 Å². The minimum Gasteiger partial charge on any atom is -0.450 e. The van der Waals surface area contributed by atoms with Gasteiger partial charge in [-0.1, -0.05) is 0 Å². The molecule has 0 radical (unpaired) electrons. The molecule has 0 saturated carbocycles. The Bertz CT molecular complexity index is 970. The third kappa shape index (κ3) is 5.86. The molecule has 0 atom stereocenters. The number of benzene rings is 1. The van der Waals surface area contributed by atoms with Crippen LogP contribution in [0, 0.1) is 5.82 Å². The molecular formula is C17H17FN2O6S2. The fourth-order valence-electron chi connectivity index (χ4n) is 2.09. The molecule has 0 bridgehead atoms. The normalized spacial score (nSPS) is 10.9. The molecule has 0 aliphatic heterocycles. The molecule has 150 valence electrons. The van der Waals surface area contributed by atoms with Gasteiger partial charge in [-0.25, -0.2) is 17.6 Å². The van der Waals surface area contributed by atoms with E-state index in [1.807, 2.05) is 5.32 Å². The number of alkyl carbamates (subject to hydrolysis) is 1. The smallest absolute Gasteiger partial charge is 0.414 e. The van der Waals surface area contributed by atoms with Crippen LogP contribution in [-0.2, 0) is 19.4 Å². The first kappa shape index (κ1) is 21.5. The Hall–Kier alpha value is -2.79. The summed E-state index contributed by atoms with van der Waals surface area (Å²) in [7, 11) is -3.76. The summed E-state index contributed by atoms with van der Waals surface area (Å²) in [5.74, 6) is -2.43. The molecule has 1 heterocycles. The summed E-state index contributed by atoms with van der Waals surface area (Å²) in [6.07, 6.45) is -1.28. The summed E-state index contributed by atoms with van der Waals surface area (Å²) < 4.78 is 41.9. The van der Waals surface area contributed by atoms with E-state index in [0.717, 1.165) is 35.6 Å². The van der Waals surface area contributed by atoms with E-state index in [0.29, 0.717) is 0 Å². The first-order chi connectivity index (χ1) is 13.2. The number of imide groups is 1. The molecule has 0 fully saturated rings. The predicted octanol–water partition coefficient (Wildman–Crippen LogP) is 2.58.